The predicted molar refractivity (Wildman–Crippen MR) is 185 cm³/mol. The van der Waals surface area contributed by atoms with E-state index in [1.54, 1.807) is 0 Å². The van der Waals surface area contributed by atoms with E-state index in [9.17, 15) is 14.4 Å². The van der Waals surface area contributed by atoms with Crippen molar-refractivity contribution >= 4 is 17.9 Å². The van der Waals surface area contributed by atoms with Gasteiger partial charge in [-0.2, -0.15) is 0 Å². The Kier molecular flexibility index (Phi) is 10.2. The zero-order valence-electron chi connectivity index (χ0n) is 32.4. The largest absolute Gasteiger partial charge is 0.462 e. The summed E-state index contributed by atoms with van der Waals surface area (Å²) in [6, 6.07) is 0. The standard InChI is InChI=1S/C38H67N3O6/c1-33(2)18-25(19-34(3,4)39(33)13)45-30(42)24-16-28(31(43)46-26-20-35(5,6)40(14)36(7,8)21-26)29(17-24)32(44)47-27-22-37(9,10)41(15)38(11,12)23-27/h24-29H,16-23H2,1-15H3. The molecule has 9 nitrogen and oxygen atoms in total. The molecule has 3 saturated heterocycles. The maximum atomic E-state index is 14.0. The first-order chi connectivity index (χ1) is 21.2. The summed E-state index contributed by atoms with van der Waals surface area (Å²) in [7, 11) is 6.37. The van der Waals surface area contributed by atoms with Crippen LogP contribution in [-0.4, -0.2) is 105 Å². The summed E-state index contributed by atoms with van der Waals surface area (Å²) in [5.41, 5.74) is -0.891. The minimum absolute atomic E-state index is 0.133. The van der Waals surface area contributed by atoms with Crippen LogP contribution in [0, 0.1) is 17.8 Å². The summed E-state index contributed by atoms with van der Waals surface area (Å²) in [4.78, 5) is 48.9. The first kappa shape index (κ1) is 38.1. The summed E-state index contributed by atoms with van der Waals surface area (Å²) in [6.07, 6.45) is 3.96. The molecule has 9 heteroatoms. The van der Waals surface area contributed by atoms with Crippen molar-refractivity contribution in [3.8, 4) is 0 Å². The molecule has 2 atom stereocenters. The van der Waals surface area contributed by atoms with Gasteiger partial charge in [-0.1, -0.05) is 0 Å². The van der Waals surface area contributed by atoms with Gasteiger partial charge in [-0.25, -0.2) is 0 Å². The average Bonchev–Trinajstić information content (AvgIpc) is 3.34. The van der Waals surface area contributed by atoms with E-state index in [4.69, 9.17) is 14.2 Å². The zero-order chi connectivity index (χ0) is 35.7. The van der Waals surface area contributed by atoms with Crippen LogP contribution in [0.5, 0.6) is 0 Å². The van der Waals surface area contributed by atoms with E-state index in [-0.39, 0.29) is 70.4 Å². The van der Waals surface area contributed by atoms with Gasteiger partial charge in [0.15, 0.2) is 0 Å². The van der Waals surface area contributed by atoms with E-state index in [1.807, 2.05) is 0 Å². The Morgan fingerprint density at radius 1 is 0.426 bits per heavy atom. The molecule has 3 aliphatic heterocycles. The number of likely N-dealkylation sites (tertiary alicyclic amines) is 3. The summed E-state index contributed by atoms with van der Waals surface area (Å²) in [5, 5.41) is 0. The Balaban J connectivity index is 1.53. The molecule has 0 radical (unpaired) electrons. The quantitative estimate of drug-likeness (QED) is 0.244. The molecule has 270 valence electrons. The molecule has 0 aromatic heterocycles. The van der Waals surface area contributed by atoms with Crippen molar-refractivity contribution in [3.05, 3.63) is 0 Å². The Hall–Kier alpha value is -1.71. The van der Waals surface area contributed by atoms with Crippen molar-refractivity contribution in [3.63, 3.8) is 0 Å². The number of hydrogen-bond donors (Lipinski definition) is 0. The molecule has 0 aromatic carbocycles. The van der Waals surface area contributed by atoms with Gasteiger partial charge in [0.05, 0.1) is 17.8 Å². The molecule has 0 spiro atoms. The number of nitrogens with zero attached hydrogens (tertiary/aromatic N) is 3. The highest BCUT2D eigenvalue weighted by molar-refractivity contribution is 5.85. The lowest BCUT2D eigenvalue weighted by Crippen LogP contribution is -2.60. The molecule has 3 heterocycles. The summed E-state index contributed by atoms with van der Waals surface area (Å²) >= 11 is 0. The van der Waals surface area contributed by atoms with Gasteiger partial charge in [0.2, 0.25) is 0 Å². The van der Waals surface area contributed by atoms with Crippen molar-refractivity contribution in [2.24, 2.45) is 17.8 Å². The number of esters is 3. The van der Waals surface area contributed by atoms with E-state index in [0.29, 0.717) is 25.7 Å². The highest BCUT2D eigenvalue weighted by atomic mass is 16.6. The van der Waals surface area contributed by atoms with Gasteiger partial charge in [-0.15, -0.1) is 0 Å². The molecule has 2 unspecified atom stereocenters. The molecule has 4 aliphatic rings. The van der Waals surface area contributed by atoms with Gasteiger partial charge in [0.25, 0.3) is 0 Å². The van der Waals surface area contributed by atoms with Gasteiger partial charge in [0, 0.05) is 71.8 Å². The van der Waals surface area contributed by atoms with Crippen molar-refractivity contribution in [2.75, 3.05) is 21.1 Å². The second-order valence-corrected chi connectivity index (χ2v) is 19.3. The fraction of sp³-hybridized carbons (Fsp3) is 0.921. The van der Waals surface area contributed by atoms with Crippen LogP contribution in [0.1, 0.15) is 134 Å². The van der Waals surface area contributed by atoms with E-state index in [2.05, 4.69) is 119 Å². The summed E-state index contributed by atoms with van der Waals surface area (Å²) in [6.45, 7) is 26.1. The van der Waals surface area contributed by atoms with Crippen molar-refractivity contribution in [1.29, 1.82) is 0 Å². The van der Waals surface area contributed by atoms with Crippen LogP contribution in [0.4, 0.5) is 0 Å². The van der Waals surface area contributed by atoms with Crippen LogP contribution in [0.25, 0.3) is 0 Å². The SMILES string of the molecule is CN1C(C)(C)CC(OC(=O)C2CC(C(=O)OC3CC(C)(C)N(C)C(C)(C)C3)C(C(=O)OC3CC(C)(C)N(C)C(C)(C)C3)C2)CC1(C)C. The van der Waals surface area contributed by atoms with Gasteiger partial charge >= 0.3 is 17.9 Å². The van der Waals surface area contributed by atoms with Crippen LogP contribution in [-0.2, 0) is 28.6 Å². The van der Waals surface area contributed by atoms with E-state index in [1.165, 1.54) is 0 Å². The van der Waals surface area contributed by atoms with E-state index >= 15 is 0 Å². The van der Waals surface area contributed by atoms with Crippen LogP contribution in [0.3, 0.4) is 0 Å². The second kappa shape index (κ2) is 12.6. The third-order valence-electron chi connectivity index (χ3n) is 13.2. The molecule has 47 heavy (non-hydrogen) atoms. The average molecular weight is 662 g/mol. The Morgan fingerprint density at radius 3 is 0.872 bits per heavy atom. The van der Waals surface area contributed by atoms with E-state index < -0.39 is 29.7 Å². The summed E-state index contributed by atoms with van der Waals surface area (Å²) < 4.78 is 18.7. The third kappa shape index (κ3) is 7.88. The second-order valence-electron chi connectivity index (χ2n) is 19.3. The van der Waals surface area contributed by atoms with Crippen LogP contribution < -0.4 is 0 Å². The molecule has 4 rings (SSSR count). The predicted octanol–water partition coefficient (Wildman–Crippen LogP) is 6.21. The smallest absolute Gasteiger partial charge is 0.310 e. The highest BCUT2D eigenvalue weighted by Crippen LogP contribution is 2.45. The number of ether oxygens (including phenoxy) is 3. The molecule has 1 saturated carbocycles. The normalized spacial score (nSPS) is 32.9. The fourth-order valence-electron chi connectivity index (χ4n) is 9.60. The van der Waals surface area contributed by atoms with Gasteiger partial charge in [-0.3, -0.25) is 29.1 Å². The number of carbonyl (C=O) groups excluding carboxylic acids is 3. The van der Waals surface area contributed by atoms with Gasteiger partial charge < -0.3 is 14.2 Å². The van der Waals surface area contributed by atoms with Crippen LogP contribution in [0.2, 0.25) is 0 Å². The molecular formula is C38H67N3O6. The highest BCUT2D eigenvalue weighted by Gasteiger charge is 2.52. The van der Waals surface area contributed by atoms with Crippen molar-refractivity contribution < 1.29 is 28.6 Å². The minimum Gasteiger partial charge on any atom is -0.462 e. The first-order valence-electron chi connectivity index (χ1n) is 18.0. The lowest BCUT2D eigenvalue weighted by molar-refractivity contribution is -0.174. The van der Waals surface area contributed by atoms with Crippen LogP contribution >= 0.6 is 0 Å². The molecular weight excluding hydrogens is 594 g/mol. The monoisotopic (exact) mass is 662 g/mol. The third-order valence-corrected chi connectivity index (χ3v) is 13.2. The minimum atomic E-state index is -0.747. The Morgan fingerprint density at radius 2 is 0.638 bits per heavy atom. The van der Waals surface area contributed by atoms with Gasteiger partial charge in [-0.05, 0) is 117 Å². The Labute approximate surface area is 285 Å². The molecule has 1 aliphatic carbocycles. The summed E-state index contributed by atoms with van der Waals surface area (Å²) in [5.74, 6) is -3.16. The fourth-order valence-corrected chi connectivity index (χ4v) is 9.60. The van der Waals surface area contributed by atoms with Gasteiger partial charge in [0.1, 0.15) is 18.3 Å². The lowest BCUT2D eigenvalue weighted by atomic mass is 9.78. The Bertz CT molecular complexity index is 1090. The van der Waals surface area contributed by atoms with Crippen LogP contribution in [0.15, 0.2) is 0 Å². The molecule has 0 N–H and O–H groups in total. The molecule has 4 fully saturated rings. The number of piperidine rings is 3. The number of carbonyl (C=O) groups is 3. The topological polar surface area (TPSA) is 88.6 Å². The lowest BCUT2D eigenvalue weighted by Gasteiger charge is -2.53. The molecule has 0 bridgehead atoms. The van der Waals surface area contributed by atoms with Crippen molar-refractivity contribution in [2.45, 2.75) is 186 Å². The number of hydrogen-bond acceptors (Lipinski definition) is 9. The number of rotatable bonds is 6. The maximum absolute atomic E-state index is 14.0. The molecule has 0 aromatic rings. The van der Waals surface area contributed by atoms with Crippen molar-refractivity contribution in [1.82, 2.24) is 14.7 Å². The first-order valence-corrected chi connectivity index (χ1v) is 18.0. The van der Waals surface area contributed by atoms with E-state index in [0.717, 1.165) is 12.8 Å². The zero-order valence-corrected chi connectivity index (χ0v) is 32.4. The molecule has 0 amide bonds. The maximum Gasteiger partial charge on any atom is 0.310 e.